The molecule has 0 saturated carbocycles. The first-order chi connectivity index (χ1) is 9.47. The first-order valence-electron chi connectivity index (χ1n) is 6.59. The average molecular weight is 286 g/mol. The van der Waals surface area contributed by atoms with Gasteiger partial charge < -0.3 is 10.2 Å². The highest BCUT2D eigenvalue weighted by molar-refractivity contribution is 5.79. The summed E-state index contributed by atoms with van der Waals surface area (Å²) in [6, 6.07) is 9.57. The molecule has 1 fully saturated rings. The first-order valence-corrected chi connectivity index (χ1v) is 6.59. The van der Waals surface area contributed by atoms with Gasteiger partial charge in [0.1, 0.15) is 0 Å². The van der Waals surface area contributed by atoms with Crippen molar-refractivity contribution >= 4 is 5.91 Å². The molecule has 0 aromatic heterocycles. The topological polar surface area (TPSA) is 32.3 Å². The highest BCUT2D eigenvalue weighted by Crippen LogP contribution is 2.31. The second kappa shape index (κ2) is 6.26. The molecule has 0 bridgehead atoms. The van der Waals surface area contributed by atoms with Crippen LogP contribution in [0.15, 0.2) is 30.3 Å². The van der Waals surface area contributed by atoms with Crippen molar-refractivity contribution < 1.29 is 18.0 Å². The largest absolute Gasteiger partial charge is 0.401 e. The normalized spacial score (nSPS) is 19.4. The van der Waals surface area contributed by atoms with Crippen LogP contribution in [0.5, 0.6) is 0 Å². The Hall–Kier alpha value is -1.56. The van der Waals surface area contributed by atoms with Crippen LogP contribution in [0.3, 0.4) is 0 Å². The van der Waals surface area contributed by atoms with Crippen LogP contribution in [0.25, 0.3) is 0 Å². The van der Waals surface area contributed by atoms with Crippen LogP contribution in [0.1, 0.15) is 24.4 Å². The number of likely N-dealkylation sites (tertiary alicyclic amines) is 1. The predicted octanol–water partition coefficient (Wildman–Crippen LogP) is 2.50. The summed E-state index contributed by atoms with van der Waals surface area (Å²) in [4.78, 5) is 13.7. The number of nitrogens with one attached hydrogen (secondary N) is 1. The summed E-state index contributed by atoms with van der Waals surface area (Å²) in [5.41, 5.74) is 1.04. The number of nitrogens with zero attached hydrogens (tertiary/aromatic N) is 1. The predicted molar refractivity (Wildman–Crippen MR) is 69.1 cm³/mol. The van der Waals surface area contributed by atoms with Crippen molar-refractivity contribution in [2.24, 2.45) is 0 Å². The summed E-state index contributed by atoms with van der Waals surface area (Å²) >= 11 is 0. The zero-order chi connectivity index (χ0) is 14.6. The lowest BCUT2D eigenvalue weighted by Crippen LogP contribution is -2.40. The van der Waals surface area contributed by atoms with Crippen LogP contribution in [0.2, 0.25) is 0 Å². The number of hydrogen-bond acceptors (Lipinski definition) is 2. The van der Waals surface area contributed by atoms with Crippen molar-refractivity contribution in [3.8, 4) is 0 Å². The van der Waals surface area contributed by atoms with Gasteiger partial charge in [-0.3, -0.25) is 4.79 Å². The van der Waals surface area contributed by atoms with E-state index in [1.807, 2.05) is 30.3 Å². The molecule has 1 heterocycles. The van der Waals surface area contributed by atoms with Crippen molar-refractivity contribution in [2.45, 2.75) is 25.1 Å². The molecule has 0 aliphatic carbocycles. The molecule has 1 unspecified atom stereocenters. The molecule has 1 saturated heterocycles. The molecule has 110 valence electrons. The molecule has 1 amide bonds. The van der Waals surface area contributed by atoms with Gasteiger partial charge in [0, 0.05) is 6.54 Å². The minimum absolute atomic E-state index is 0.0172. The molecule has 1 aliphatic rings. The number of carbonyl (C=O) groups excluding carboxylic acids is 1. The minimum Gasteiger partial charge on any atom is -0.335 e. The van der Waals surface area contributed by atoms with E-state index in [0.29, 0.717) is 6.54 Å². The van der Waals surface area contributed by atoms with Crippen LogP contribution in [0, 0.1) is 0 Å². The third kappa shape index (κ3) is 3.96. The zero-order valence-electron chi connectivity index (χ0n) is 11.0. The number of halogens is 3. The first kappa shape index (κ1) is 14.8. The van der Waals surface area contributed by atoms with E-state index in [-0.39, 0.29) is 18.5 Å². The summed E-state index contributed by atoms with van der Waals surface area (Å²) in [7, 11) is 0. The summed E-state index contributed by atoms with van der Waals surface area (Å²) in [5, 5.41) is 2.16. The fourth-order valence-corrected chi connectivity index (χ4v) is 2.50. The summed E-state index contributed by atoms with van der Waals surface area (Å²) < 4.78 is 36.1. The maximum atomic E-state index is 12.0. The SMILES string of the molecule is O=C(CNCC(F)(F)F)N1CCCC1c1ccccc1. The average Bonchev–Trinajstić information content (AvgIpc) is 2.87. The van der Waals surface area contributed by atoms with Gasteiger partial charge in [0.25, 0.3) is 0 Å². The number of alkyl halides is 3. The third-order valence-corrected chi connectivity index (χ3v) is 3.36. The Morgan fingerprint density at radius 3 is 2.65 bits per heavy atom. The van der Waals surface area contributed by atoms with Gasteiger partial charge in [-0.2, -0.15) is 13.2 Å². The second-order valence-corrected chi connectivity index (χ2v) is 4.87. The second-order valence-electron chi connectivity index (χ2n) is 4.87. The van der Waals surface area contributed by atoms with Gasteiger partial charge in [0.05, 0.1) is 19.1 Å². The van der Waals surface area contributed by atoms with Gasteiger partial charge in [-0.15, -0.1) is 0 Å². The lowest BCUT2D eigenvalue weighted by molar-refractivity contribution is -0.134. The molecule has 1 aromatic carbocycles. The van der Waals surface area contributed by atoms with Crippen molar-refractivity contribution in [3.05, 3.63) is 35.9 Å². The van der Waals surface area contributed by atoms with Gasteiger partial charge >= 0.3 is 6.18 Å². The van der Waals surface area contributed by atoms with E-state index in [1.54, 1.807) is 4.90 Å². The number of carbonyl (C=O) groups is 1. The molecule has 3 nitrogen and oxygen atoms in total. The molecule has 0 spiro atoms. The van der Waals surface area contributed by atoms with Crippen molar-refractivity contribution in [3.63, 3.8) is 0 Å². The Morgan fingerprint density at radius 1 is 1.30 bits per heavy atom. The van der Waals surface area contributed by atoms with E-state index < -0.39 is 12.7 Å². The van der Waals surface area contributed by atoms with Gasteiger partial charge in [-0.1, -0.05) is 30.3 Å². The molecule has 1 N–H and O–H groups in total. The Morgan fingerprint density at radius 2 is 2.00 bits per heavy atom. The van der Waals surface area contributed by atoms with Crippen molar-refractivity contribution in [2.75, 3.05) is 19.6 Å². The smallest absolute Gasteiger partial charge is 0.335 e. The Balaban J connectivity index is 1.92. The van der Waals surface area contributed by atoms with E-state index in [4.69, 9.17) is 0 Å². The van der Waals surface area contributed by atoms with E-state index in [2.05, 4.69) is 5.32 Å². The van der Waals surface area contributed by atoms with E-state index >= 15 is 0 Å². The third-order valence-electron chi connectivity index (χ3n) is 3.36. The van der Waals surface area contributed by atoms with Crippen molar-refractivity contribution in [1.82, 2.24) is 10.2 Å². The summed E-state index contributed by atoms with van der Waals surface area (Å²) in [6.45, 7) is -0.808. The number of rotatable bonds is 4. The lowest BCUT2D eigenvalue weighted by Gasteiger charge is -2.25. The lowest BCUT2D eigenvalue weighted by atomic mass is 10.0. The Kier molecular flexibility index (Phi) is 4.65. The number of amides is 1. The van der Waals surface area contributed by atoms with Gasteiger partial charge in [-0.05, 0) is 18.4 Å². The fourth-order valence-electron chi connectivity index (χ4n) is 2.50. The minimum atomic E-state index is -4.29. The van der Waals surface area contributed by atoms with Gasteiger partial charge in [0.2, 0.25) is 5.91 Å². The fraction of sp³-hybridized carbons (Fsp3) is 0.500. The number of benzene rings is 1. The number of hydrogen-bond donors (Lipinski definition) is 1. The molecule has 6 heteroatoms. The van der Waals surface area contributed by atoms with Crippen LogP contribution >= 0.6 is 0 Å². The standard InChI is InChI=1S/C14H17F3N2O/c15-14(16,17)10-18-9-13(20)19-8-4-7-12(19)11-5-2-1-3-6-11/h1-3,5-6,12,18H,4,7-10H2. The Bertz CT molecular complexity index is 447. The molecular weight excluding hydrogens is 269 g/mol. The molecule has 1 aromatic rings. The van der Waals surface area contributed by atoms with Crippen LogP contribution in [-0.4, -0.2) is 36.6 Å². The molecular formula is C14H17F3N2O. The van der Waals surface area contributed by atoms with Crippen molar-refractivity contribution in [1.29, 1.82) is 0 Å². The highest BCUT2D eigenvalue weighted by atomic mass is 19.4. The van der Waals surface area contributed by atoms with Crippen LogP contribution in [0.4, 0.5) is 13.2 Å². The van der Waals surface area contributed by atoms with Crippen LogP contribution < -0.4 is 5.32 Å². The van der Waals surface area contributed by atoms with Gasteiger partial charge in [0.15, 0.2) is 0 Å². The van der Waals surface area contributed by atoms with E-state index in [1.165, 1.54) is 0 Å². The molecule has 1 atom stereocenters. The van der Waals surface area contributed by atoms with Crippen LogP contribution in [-0.2, 0) is 4.79 Å². The molecule has 20 heavy (non-hydrogen) atoms. The quantitative estimate of drug-likeness (QED) is 0.922. The highest BCUT2D eigenvalue weighted by Gasteiger charge is 2.31. The maximum absolute atomic E-state index is 12.0. The summed E-state index contributed by atoms with van der Waals surface area (Å²) in [6.07, 6.45) is -2.55. The Labute approximate surface area is 115 Å². The maximum Gasteiger partial charge on any atom is 0.401 e. The molecule has 1 aliphatic heterocycles. The van der Waals surface area contributed by atoms with E-state index in [0.717, 1.165) is 18.4 Å². The monoisotopic (exact) mass is 286 g/mol. The van der Waals surface area contributed by atoms with Gasteiger partial charge in [-0.25, -0.2) is 0 Å². The molecule has 0 radical (unpaired) electrons. The molecule has 2 rings (SSSR count). The summed E-state index contributed by atoms with van der Waals surface area (Å²) in [5.74, 6) is -0.277. The zero-order valence-corrected chi connectivity index (χ0v) is 11.0. The van der Waals surface area contributed by atoms with E-state index in [9.17, 15) is 18.0 Å².